The fourth-order valence-corrected chi connectivity index (χ4v) is 6.19. The molecule has 32 heavy (non-hydrogen) atoms. The number of carbonyl (C=O) groups excluding carboxylic acids is 1. The largest absolute Gasteiger partial charge is 0.478 e. The van der Waals surface area contributed by atoms with Gasteiger partial charge >= 0.3 is 0 Å². The highest BCUT2D eigenvalue weighted by atomic mass is 32.2. The van der Waals surface area contributed by atoms with E-state index < -0.39 is 14.8 Å². The van der Waals surface area contributed by atoms with Gasteiger partial charge in [-0.3, -0.25) is 19.8 Å². The molecule has 1 saturated heterocycles. The Kier molecular flexibility index (Phi) is 4.79. The molecule has 0 amide bonds. The van der Waals surface area contributed by atoms with Crippen LogP contribution in [0.25, 0.3) is 6.08 Å². The van der Waals surface area contributed by atoms with Crippen molar-refractivity contribution in [1.29, 1.82) is 0 Å². The molecule has 2 aromatic rings. The lowest BCUT2D eigenvalue weighted by Gasteiger charge is -2.33. The number of nitrogens with zero attached hydrogens (tertiary/aromatic N) is 2. The summed E-state index contributed by atoms with van der Waals surface area (Å²) in [5.41, 5.74) is 2.26. The number of carbonyl (C=O) groups is 1. The van der Waals surface area contributed by atoms with Gasteiger partial charge in [-0.25, -0.2) is 8.42 Å². The predicted octanol–water partition coefficient (Wildman–Crippen LogP) is 2.86. The summed E-state index contributed by atoms with van der Waals surface area (Å²) in [4.78, 5) is 25.6. The van der Waals surface area contributed by atoms with Gasteiger partial charge in [-0.15, -0.1) is 0 Å². The lowest BCUT2D eigenvalue weighted by Crippen LogP contribution is -2.41. The first-order valence-corrected chi connectivity index (χ1v) is 12.0. The molecule has 5 rings (SSSR count). The molecule has 3 aliphatic heterocycles. The quantitative estimate of drug-likeness (QED) is 0.393. The van der Waals surface area contributed by atoms with Crippen molar-refractivity contribution in [3.63, 3.8) is 0 Å². The molecule has 1 atom stereocenters. The van der Waals surface area contributed by atoms with Crippen LogP contribution in [0.1, 0.15) is 33.5 Å². The van der Waals surface area contributed by atoms with Crippen LogP contribution in [-0.2, 0) is 16.4 Å². The molecule has 3 aliphatic rings. The fourth-order valence-electron chi connectivity index (χ4n) is 4.42. The molecule has 0 bridgehead atoms. The van der Waals surface area contributed by atoms with Crippen LogP contribution < -0.4 is 9.47 Å². The zero-order valence-electron chi connectivity index (χ0n) is 17.2. The van der Waals surface area contributed by atoms with Gasteiger partial charge in [0.25, 0.3) is 5.69 Å². The molecule has 10 heteroatoms. The molecule has 1 fully saturated rings. The van der Waals surface area contributed by atoms with E-state index in [4.69, 9.17) is 9.47 Å². The van der Waals surface area contributed by atoms with Crippen molar-refractivity contribution in [2.45, 2.75) is 25.9 Å². The maximum atomic E-state index is 13.1. The summed E-state index contributed by atoms with van der Waals surface area (Å²) in [7, 11) is -3.04. The smallest absolute Gasteiger partial charge is 0.270 e. The van der Waals surface area contributed by atoms with Gasteiger partial charge in [0, 0.05) is 24.7 Å². The SMILES string of the molecule is Cc1cc2c(c3c1C(=O)/C(=C/c1cccc([N+](=O)[O-])c1)O3)CN(C1CCS(=O)(=O)C1)CO2. The highest BCUT2D eigenvalue weighted by Gasteiger charge is 2.39. The molecule has 1 unspecified atom stereocenters. The van der Waals surface area contributed by atoms with E-state index in [9.17, 15) is 23.3 Å². The van der Waals surface area contributed by atoms with Crippen molar-refractivity contribution in [2.24, 2.45) is 0 Å². The van der Waals surface area contributed by atoms with Gasteiger partial charge in [-0.05, 0) is 36.6 Å². The van der Waals surface area contributed by atoms with Gasteiger partial charge in [0.05, 0.1) is 27.6 Å². The first kappa shape index (κ1) is 20.7. The van der Waals surface area contributed by atoms with E-state index in [0.717, 1.165) is 0 Å². The molecular weight excluding hydrogens is 436 g/mol. The van der Waals surface area contributed by atoms with Crippen molar-refractivity contribution in [3.8, 4) is 11.5 Å². The van der Waals surface area contributed by atoms with Crippen LogP contribution >= 0.6 is 0 Å². The van der Waals surface area contributed by atoms with Crippen LogP contribution in [0, 0.1) is 17.0 Å². The minimum Gasteiger partial charge on any atom is -0.478 e. The number of ether oxygens (including phenoxy) is 2. The van der Waals surface area contributed by atoms with Crippen LogP contribution in [0.4, 0.5) is 5.69 Å². The van der Waals surface area contributed by atoms with Crippen LogP contribution in [-0.4, -0.2) is 48.3 Å². The van der Waals surface area contributed by atoms with Crippen molar-refractivity contribution >= 4 is 27.4 Å². The van der Waals surface area contributed by atoms with E-state index in [2.05, 4.69) is 0 Å². The minimum atomic E-state index is -3.04. The number of aryl methyl sites for hydroxylation is 1. The molecule has 3 heterocycles. The molecule has 0 spiro atoms. The summed E-state index contributed by atoms with van der Waals surface area (Å²) in [5.74, 6) is 1.06. The zero-order chi connectivity index (χ0) is 22.6. The van der Waals surface area contributed by atoms with E-state index in [1.54, 1.807) is 25.1 Å². The number of nitro groups is 1. The maximum absolute atomic E-state index is 13.1. The van der Waals surface area contributed by atoms with Gasteiger partial charge in [-0.2, -0.15) is 0 Å². The van der Waals surface area contributed by atoms with Crippen LogP contribution in [0.15, 0.2) is 36.1 Å². The molecule has 0 radical (unpaired) electrons. The second kappa shape index (κ2) is 7.42. The molecule has 0 N–H and O–H groups in total. The molecule has 9 nitrogen and oxygen atoms in total. The number of hydrogen-bond donors (Lipinski definition) is 0. The lowest BCUT2D eigenvalue weighted by molar-refractivity contribution is -0.384. The van der Waals surface area contributed by atoms with Gasteiger partial charge in [0.15, 0.2) is 15.6 Å². The fraction of sp³-hybridized carbons (Fsp3) is 0.318. The van der Waals surface area contributed by atoms with Crippen molar-refractivity contribution in [3.05, 3.63) is 68.5 Å². The van der Waals surface area contributed by atoms with Gasteiger partial charge in [0.1, 0.15) is 18.2 Å². The highest BCUT2D eigenvalue weighted by molar-refractivity contribution is 7.91. The third kappa shape index (κ3) is 3.55. The van der Waals surface area contributed by atoms with Gasteiger partial charge in [-0.1, -0.05) is 12.1 Å². The number of nitro benzene ring substituents is 1. The molecular formula is C22H20N2O7S. The Hall–Kier alpha value is -3.24. The van der Waals surface area contributed by atoms with E-state index in [-0.39, 0.29) is 41.5 Å². The molecule has 0 aliphatic carbocycles. The third-order valence-electron chi connectivity index (χ3n) is 6.05. The monoisotopic (exact) mass is 456 g/mol. The van der Waals surface area contributed by atoms with E-state index in [1.165, 1.54) is 18.2 Å². The summed E-state index contributed by atoms with van der Waals surface area (Å²) < 4.78 is 35.7. The normalized spacial score (nSPS) is 22.8. The number of hydrogen-bond acceptors (Lipinski definition) is 8. The Labute approximate surface area is 184 Å². The predicted molar refractivity (Wildman–Crippen MR) is 115 cm³/mol. The topological polar surface area (TPSA) is 116 Å². The number of allylic oxidation sites excluding steroid dienone is 1. The van der Waals surface area contributed by atoms with Crippen LogP contribution in [0.3, 0.4) is 0 Å². The van der Waals surface area contributed by atoms with Crippen LogP contribution in [0.5, 0.6) is 11.5 Å². The summed E-state index contributed by atoms with van der Waals surface area (Å²) >= 11 is 0. The van der Waals surface area contributed by atoms with Crippen LogP contribution in [0.2, 0.25) is 0 Å². The number of Topliss-reactive ketones (excluding diaryl/α,β-unsaturated/α-hetero) is 1. The van der Waals surface area contributed by atoms with Crippen molar-refractivity contribution < 1.29 is 27.6 Å². The second-order valence-electron chi connectivity index (χ2n) is 8.24. The number of fused-ring (bicyclic) bond motifs is 3. The number of non-ortho nitro benzene ring substituents is 1. The Bertz CT molecular complexity index is 1300. The zero-order valence-corrected chi connectivity index (χ0v) is 18.1. The average molecular weight is 456 g/mol. The third-order valence-corrected chi connectivity index (χ3v) is 7.80. The first-order chi connectivity index (χ1) is 15.2. The molecule has 0 saturated carbocycles. The van der Waals surface area contributed by atoms with Crippen molar-refractivity contribution in [1.82, 2.24) is 4.90 Å². The average Bonchev–Trinajstić information content (AvgIpc) is 3.28. The molecule has 166 valence electrons. The molecule has 0 aromatic heterocycles. The maximum Gasteiger partial charge on any atom is 0.270 e. The first-order valence-electron chi connectivity index (χ1n) is 10.1. The Morgan fingerprint density at radius 2 is 2.09 bits per heavy atom. The Morgan fingerprint density at radius 1 is 1.28 bits per heavy atom. The summed E-state index contributed by atoms with van der Waals surface area (Å²) in [6, 6.07) is 7.62. The van der Waals surface area contributed by atoms with Crippen molar-refractivity contribution in [2.75, 3.05) is 18.2 Å². The number of rotatable bonds is 3. The Morgan fingerprint density at radius 3 is 2.81 bits per heavy atom. The highest BCUT2D eigenvalue weighted by Crippen LogP contribution is 2.44. The number of sulfone groups is 1. The molecule has 2 aromatic carbocycles. The van der Waals surface area contributed by atoms with E-state index in [1.807, 2.05) is 4.90 Å². The minimum absolute atomic E-state index is 0.0774. The van der Waals surface area contributed by atoms with Gasteiger partial charge in [0.2, 0.25) is 5.78 Å². The Balaban J connectivity index is 1.48. The lowest BCUT2D eigenvalue weighted by atomic mass is 9.98. The van der Waals surface area contributed by atoms with E-state index >= 15 is 0 Å². The van der Waals surface area contributed by atoms with E-state index in [0.29, 0.717) is 46.7 Å². The summed E-state index contributed by atoms with van der Waals surface area (Å²) in [5, 5.41) is 11.0. The standard InChI is InChI=1S/C22H20N2O7S/c1-13-7-18-17(10-23(12-30-18)16-5-6-32(28,29)11-16)22-20(13)21(25)19(31-22)9-14-3-2-4-15(8-14)24(26)27/h2-4,7-9,16H,5-6,10-12H2,1H3/b19-9-. The second-order valence-corrected chi connectivity index (χ2v) is 10.5. The summed E-state index contributed by atoms with van der Waals surface area (Å²) in [6.45, 7) is 2.49. The van der Waals surface area contributed by atoms with Gasteiger partial charge < -0.3 is 9.47 Å². The number of ketones is 1. The number of benzene rings is 2. The summed E-state index contributed by atoms with van der Waals surface area (Å²) in [6.07, 6.45) is 2.04.